The van der Waals surface area contributed by atoms with E-state index in [1.54, 1.807) is 31.2 Å². The van der Waals surface area contributed by atoms with Crippen molar-refractivity contribution in [1.82, 2.24) is 10.2 Å². The minimum absolute atomic E-state index is 0.0292. The third-order valence-corrected chi connectivity index (χ3v) is 8.75. The van der Waals surface area contributed by atoms with Crippen LogP contribution < -0.4 is 19.1 Å². The number of benzene rings is 3. The number of halogens is 1. The van der Waals surface area contributed by atoms with Crippen molar-refractivity contribution in [2.75, 3.05) is 25.1 Å². The summed E-state index contributed by atoms with van der Waals surface area (Å²) in [6.07, 6.45) is 0.683. The van der Waals surface area contributed by atoms with Crippen molar-refractivity contribution in [2.45, 2.75) is 57.6 Å². The van der Waals surface area contributed by atoms with Gasteiger partial charge in [0.15, 0.2) is 0 Å². The SMILES string of the molecule is CC[C@H](C)NC(=O)[C@H](C)N(Cc1ccc(F)cc1)C(=O)CN(c1cc(OC)ccc1OC)S(=O)(=O)c1ccc(C)cc1. The summed E-state index contributed by atoms with van der Waals surface area (Å²) in [6.45, 7) is 6.48. The predicted octanol–water partition coefficient (Wildman–Crippen LogP) is 4.68. The lowest BCUT2D eigenvalue weighted by atomic mass is 10.1. The van der Waals surface area contributed by atoms with Crippen LogP contribution in [0.2, 0.25) is 0 Å². The topological polar surface area (TPSA) is 105 Å². The summed E-state index contributed by atoms with van der Waals surface area (Å²) < 4.78 is 53.6. The van der Waals surface area contributed by atoms with E-state index < -0.39 is 40.2 Å². The van der Waals surface area contributed by atoms with Gasteiger partial charge in [-0.3, -0.25) is 13.9 Å². The molecule has 0 aliphatic rings. The summed E-state index contributed by atoms with van der Waals surface area (Å²) in [4.78, 5) is 28.5. The highest BCUT2D eigenvalue weighted by Gasteiger charge is 2.34. The largest absolute Gasteiger partial charge is 0.497 e. The van der Waals surface area contributed by atoms with Crippen molar-refractivity contribution in [2.24, 2.45) is 0 Å². The van der Waals surface area contributed by atoms with Gasteiger partial charge in [0.1, 0.15) is 29.9 Å². The lowest BCUT2D eigenvalue weighted by Gasteiger charge is -2.33. The van der Waals surface area contributed by atoms with E-state index in [4.69, 9.17) is 9.47 Å². The Kier molecular flexibility index (Phi) is 10.9. The molecule has 0 bridgehead atoms. The Morgan fingerprint density at radius 1 is 0.952 bits per heavy atom. The molecular formula is C31H38FN3O6S. The molecule has 42 heavy (non-hydrogen) atoms. The molecule has 0 saturated heterocycles. The molecule has 0 aliphatic carbocycles. The van der Waals surface area contributed by atoms with E-state index in [1.165, 1.54) is 61.6 Å². The zero-order chi connectivity index (χ0) is 31.0. The Hall–Kier alpha value is -4.12. The molecule has 0 fully saturated rings. The van der Waals surface area contributed by atoms with E-state index in [1.807, 2.05) is 20.8 Å². The summed E-state index contributed by atoms with van der Waals surface area (Å²) in [5, 5.41) is 2.88. The monoisotopic (exact) mass is 599 g/mol. The van der Waals surface area contributed by atoms with Crippen LogP contribution in [-0.4, -0.2) is 58.0 Å². The number of carbonyl (C=O) groups is 2. The zero-order valence-electron chi connectivity index (χ0n) is 24.8. The summed E-state index contributed by atoms with van der Waals surface area (Å²) in [6, 6.07) is 15.3. The van der Waals surface area contributed by atoms with Crippen LogP contribution in [-0.2, 0) is 26.2 Å². The van der Waals surface area contributed by atoms with E-state index >= 15 is 0 Å². The second-order valence-corrected chi connectivity index (χ2v) is 11.9. The molecule has 3 rings (SSSR count). The fourth-order valence-electron chi connectivity index (χ4n) is 4.18. The van der Waals surface area contributed by atoms with Crippen LogP contribution >= 0.6 is 0 Å². The zero-order valence-corrected chi connectivity index (χ0v) is 25.6. The summed E-state index contributed by atoms with van der Waals surface area (Å²) >= 11 is 0. The number of rotatable bonds is 13. The molecule has 0 radical (unpaired) electrons. The van der Waals surface area contributed by atoms with Crippen molar-refractivity contribution in [3.8, 4) is 11.5 Å². The second kappa shape index (κ2) is 14.2. The molecule has 226 valence electrons. The maximum atomic E-state index is 14.1. The molecule has 0 aromatic heterocycles. The quantitative estimate of drug-likeness (QED) is 0.306. The van der Waals surface area contributed by atoms with Gasteiger partial charge in [-0.1, -0.05) is 36.8 Å². The minimum atomic E-state index is -4.30. The molecule has 2 amide bonds. The Labute approximate surface area is 247 Å². The van der Waals surface area contributed by atoms with Crippen molar-refractivity contribution in [3.63, 3.8) is 0 Å². The highest BCUT2D eigenvalue weighted by molar-refractivity contribution is 7.92. The average molecular weight is 600 g/mol. The molecule has 11 heteroatoms. The normalized spacial score (nSPS) is 12.6. The molecule has 0 unspecified atom stereocenters. The fraction of sp³-hybridized carbons (Fsp3) is 0.355. The summed E-state index contributed by atoms with van der Waals surface area (Å²) in [7, 11) is -1.47. The van der Waals surface area contributed by atoms with Gasteiger partial charge in [-0.05, 0) is 69.2 Å². The molecule has 0 spiro atoms. The van der Waals surface area contributed by atoms with Gasteiger partial charge in [0, 0.05) is 18.7 Å². The lowest BCUT2D eigenvalue weighted by molar-refractivity contribution is -0.139. The highest BCUT2D eigenvalue weighted by atomic mass is 32.2. The molecular weight excluding hydrogens is 561 g/mol. The Morgan fingerprint density at radius 2 is 1.60 bits per heavy atom. The highest BCUT2D eigenvalue weighted by Crippen LogP contribution is 2.36. The first-order valence-electron chi connectivity index (χ1n) is 13.6. The molecule has 3 aromatic carbocycles. The number of anilines is 1. The number of hydrogen-bond donors (Lipinski definition) is 1. The number of nitrogens with one attached hydrogen (secondary N) is 1. The Bertz CT molecular complexity index is 1480. The minimum Gasteiger partial charge on any atom is -0.497 e. The smallest absolute Gasteiger partial charge is 0.264 e. The van der Waals surface area contributed by atoms with Crippen LogP contribution in [0.5, 0.6) is 11.5 Å². The van der Waals surface area contributed by atoms with Crippen molar-refractivity contribution < 1.29 is 31.9 Å². The van der Waals surface area contributed by atoms with E-state index in [2.05, 4.69) is 5.32 Å². The summed E-state index contributed by atoms with van der Waals surface area (Å²) in [5.41, 5.74) is 1.52. The number of nitrogens with zero attached hydrogens (tertiary/aromatic N) is 2. The van der Waals surface area contributed by atoms with Crippen molar-refractivity contribution in [1.29, 1.82) is 0 Å². The molecule has 1 N–H and O–H groups in total. The maximum Gasteiger partial charge on any atom is 0.264 e. The molecule has 3 aromatic rings. The average Bonchev–Trinajstić information content (AvgIpc) is 2.98. The number of hydrogen-bond acceptors (Lipinski definition) is 6. The van der Waals surface area contributed by atoms with E-state index in [-0.39, 0.29) is 28.9 Å². The fourth-order valence-corrected chi connectivity index (χ4v) is 5.59. The third-order valence-electron chi connectivity index (χ3n) is 6.98. The first-order chi connectivity index (χ1) is 19.9. The standard InChI is InChI=1S/C31H38FN3O6S/c1-7-22(3)33-31(37)23(4)34(19-24-10-12-25(32)13-11-24)30(36)20-35(28-18-26(40-5)14-17-29(28)41-6)42(38,39)27-15-8-21(2)9-16-27/h8-18,22-23H,7,19-20H2,1-6H3,(H,33,37)/t22-,23-/m0/s1. The van der Waals surface area contributed by atoms with Gasteiger partial charge in [-0.15, -0.1) is 0 Å². The van der Waals surface area contributed by atoms with Gasteiger partial charge in [0.2, 0.25) is 11.8 Å². The predicted molar refractivity (Wildman–Crippen MR) is 160 cm³/mol. The van der Waals surface area contributed by atoms with Crippen molar-refractivity contribution in [3.05, 3.63) is 83.7 Å². The van der Waals surface area contributed by atoms with Crippen LogP contribution in [0.1, 0.15) is 38.3 Å². The van der Waals surface area contributed by atoms with Crippen LogP contribution in [0.4, 0.5) is 10.1 Å². The number of methoxy groups -OCH3 is 2. The first kappa shape index (κ1) is 32.4. The number of amides is 2. The van der Waals surface area contributed by atoms with Gasteiger partial charge < -0.3 is 19.7 Å². The molecule has 2 atom stereocenters. The third kappa shape index (κ3) is 7.79. The van der Waals surface area contributed by atoms with Gasteiger partial charge >= 0.3 is 0 Å². The number of aryl methyl sites for hydroxylation is 1. The number of ether oxygens (including phenoxy) is 2. The molecule has 0 heterocycles. The Morgan fingerprint density at radius 3 is 2.17 bits per heavy atom. The Balaban J connectivity index is 2.11. The van der Waals surface area contributed by atoms with Gasteiger partial charge in [0.05, 0.1) is 24.8 Å². The van der Waals surface area contributed by atoms with Gasteiger partial charge in [0.25, 0.3) is 10.0 Å². The molecule has 9 nitrogen and oxygen atoms in total. The molecule has 0 saturated carbocycles. The van der Waals surface area contributed by atoms with Crippen LogP contribution in [0, 0.1) is 12.7 Å². The van der Waals surface area contributed by atoms with E-state index in [0.29, 0.717) is 17.7 Å². The van der Waals surface area contributed by atoms with Crippen LogP contribution in [0.25, 0.3) is 0 Å². The van der Waals surface area contributed by atoms with E-state index in [0.717, 1.165) is 9.87 Å². The number of carbonyl (C=O) groups excluding carboxylic acids is 2. The van der Waals surface area contributed by atoms with Crippen LogP contribution in [0.15, 0.2) is 71.6 Å². The molecule has 0 aliphatic heterocycles. The second-order valence-electron chi connectivity index (χ2n) is 10.0. The van der Waals surface area contributed by atoms with Gasteiger partial charge in [-0.2, -0.15) is 0 Å². The van der Waals surface area contributed by atoms with Crippen molar-refractivity contribution >= 4 is 27.5 Å². The summed E-state index contributed by atoms with van der Waals surface area (Å²) in [5.74, 6) is -0.933. The van der Waals surface area contributed by atoms with Crippen LogP contribution in [0.3, 0.4) is 0 Å². The van der Waals surface area contributed by atoms with E-state index in [9.17, 15) is 22.4 Å². The maximum absolute atomic E-state index is 14.1. The lowest BCUT2D eigenvalue weighted by Crippen LogP contribution is -2.52. The van der Waals surface area contributed by atoms with Gasteiger partial charge in [-0.25, -0.2) is 12.8 Å². The first-order valence-corrected chi connectivity index (χ1v) is 15.0. The number of sulfonamides is 1.